The Balaban J connectivity index is 2.63. The van der Waals surface area contributed by atoms with Crippen LogP contribution in [0.4, 0.5) is 15.9 Å². The van der Waals surface area contributed by atoms with Gasteiger partial charge in [0.05, 0.1) is 5.56 Å². The lowest BCUT2D eigenvalue weighted by atomic mass is 10.1. The lowest BCUT2D eigenvalue weighted by Crippen LogP contribution is -2.42. The molecule has 1 heterocycles. The molecule has 0 unspecified atom stereocenters. The number of rotatable bonds is 8. The molecule has 0 aliphatic heterocycles. The van der Waals surface area contributed by atoms with Crippen LogP contribution in [0.5, 0.6) is 0 Å². The zero-order chi connectivity index (χ0) is 20.8. The molecule has 7 nitrogen and oxygen atoms in total. The zero-order valence-electron chi connectivity index (χ0n) is 15.9. The number of aromatic nitrogens is 2. The molecule has 0 fully saturated rings. The minimum atomic E-state index is -0.768. The van der Waals surface area contributed by atoms with Crippen molar-refractivity contribution in [1.82, 2.24) is 9.55 Å². The van der Waals surface area contributed by atoms with Crippen molar-refractivity contribution in [1.29, 1.82) is 0 Å². The molecule has 1 aromatic heterocycles. The van der Waals surface area contributed by atoms with Crippen LogP contribution in [0.1, 0.15) is 49.9 Å². The first-order valence-electron chi connectivity index (χ1n) is 9.21. The second-order valence-corrected chi connectivity index (χ2v) is 7.35. The highest BCUT2D eigenvalue weighted by atomic mass is 79.9. The summed E-state index contributed by atoms with van der Waals surface area (Å²) in [5.41, 5.74) is 4.42. The van der Waals surface area contributed by atoms with Crippen molar-refractivity contribution >= 4 is 33.3 Å². The number of halogens is 2. The van der Waals surface area contributed by atoms with Gasteiger partial charge in [0.25, 0.3) is 11.5 Å². The molecule has 0 bridgehead atoms. The van der Waals surface area contributed by atoms with Gasteiger partial charge in [-0.1, -0.05) is 42.6 Å². The van der Waals surface area contributed by atoms with Crippen molar-refractivity contribution in [2.24, 2.45) is 0 Å². The molecule has 0 radical (unpaired) electrons. The van der Waals surface area contributed by atoms with Crippen molar-refractivity contribution in [3.05, 3.63) is 54.9 Å². The molecule has 0 saturated heterocycles. The molecule has 0 aliphatic rings. The second kappa shape index (κ2) is 9.68. The Morgan fingerprint density at radius 1 is 1.25 bits per heavy atom. The average Bonchev–Trinajstić information content (AvgIpc) is 2.65. The molecule has 3 N–H and O–H groups in total. The maximum absolute atomic E-state index is 14.3. The number of benzene rings is 1. The summed E-state index contributed by atoms with van der Waals surface area (Å²) in [5.74, 6) is -1.49. The molecular weight excluding hydrogens is 431 g/mol. The quantitative estimate of drug-likeness (QED) is 0.638. The van der Waals surface area contributed by atoms with Gasteiger partial charge in [0.2, 0.25) is 0 Å². The Bertz CT molecular complexity index is 971. The van der Waals surface area contributed by atoms with E-state index in [4.69, 9.17) is 5.73 Å². The summed E-state index contributed by atoms with van der Waals surface area (Å²) in [6.45, 7) is 4.37. The van der Waals surface area contributed by atoms with E-state index in [1.807, 2.05) is 13.8 Å². The monoisotopic (exact) mass is 454 g/mol. The first-order chi connectivity index (χ1) is 13.3. The summed E-state index contributed by atoms with van der Waals surface area (Å²) >= 11 is 3.23. The minimum Gasteiger partial charge on any atom is -0.383 e. The van der Waals surface area contributed by atoms with E-state index in [0.29, 0.717) is 23.9 Å². The number of amides is 1. The molecule has 1 aromatic carbocycles. The standard InChI is InChI=1S/C19H24BrFN4O3/c1-3-5-9-24(18(27)13-11-12(20)7-8-14(13)21)15-16(22)25(10-6-4-2)19(28)23-17(15)26/h7-8,11H,3-6,9-10,22H2,1-2H3,(H,23,26,28). The smallest absolute Gasteiger partial charge is 0.330 e. The van der Waals surface area contributed by atoms with Crippen LogP contribution < -0.4 is 21.9 Å². The molecule has 0 spiro atoms. The molecule has 0 aliphatic carbocycles. The minimum absolute atomic E-state index is 0.0953. The van der Waals surface area contributed by atoms with Gasteiger partial charge in [-0.05, 0) is 31.0 Å². The second-order valence-electron chi connectivity index (χ2n) is 6.43. The molecule has 2 aromatic rings. The lowest BCUT2D eigenvalue weighted by molar-refractivity contribution is 0.0982. The molecule has 0 saturated carbocycles. The Kier molecular flexibility index (Phi) is 7.56. The van der Waals surface area contributed by atoms with Crippen molar-refractivity contribution in [3.8, 4) is 0 Å². The maximum Gasteiger partial charge on any atom is 0.330 e. The van der Waals surface area contributed by atoms with Crippen LogP contribution >= 0.6 is 15.9 Å². The highest BCUT2D eigenvalue weighted by Gasteiger charge is 2.26. The van der Waals surface area contributed by atoms with Crippen LogP contribution in [0.25, 0.3) is 0 Å². The number of hydrogen-bond donors (Lipinski definition) is 2. The number of anilines is 2. The number of carbonyl (C=O) groups excluding carboxylic acids is 1. The summed E-state index contributed by atoms with van der Waals surface area (Å²) < 4.78 is 16.1. The van der Waals surface area contributed by atoms with Gasteiger partial charge < -0.3 is 10.6 Å². The summed E-state index contributed by atoms with van der Waals surface area (Å²) in [6, 6.07) is 4.01. The van der Waals surface area contributed by atoms with Gasteiger partial charge in [0, 0.05) is 17.6 Å². The first kappa shape index (κ1) is 21.9. The number of carbonyl (C=O) groups is 1. The third-order valence-electron chi connectivity index (χ3n) is 4.36. The molecule has 152 valence electrons. The fraction of sp³-hybridized carbons (Fsp3) is 0.421. The SMILES string of the molecule is CCCCN(C(=O)c1cc(Br)ccc1F)c1c(N)n(CCCC)c(=O)[nH]c1=O. The van der Waals surface area contributed by atoms with E-state index in [0.717, 1.165) is 17.7 Å². The van der Waals surface area contributed by atoms with Gasteiger partial charge in [-0.2, -0.15) is 0 Å². The number of H-pyrrole nitrogens is 1. The van der Waals surface area contributed by atoms with Crippen LogP contribution in [0, 0.1) is 5.82 Å². The van der Waals surface area contributed by atoms with E-state index in [-0.39, 0.29) is 23.6 Å². The number of nitrogens with one attached hydrogen (secondary N) is 1. The van der Waals surface area contributed by atoms with E-state index in [9.17, 15) is 18.8 Å². The predicted octanol–water partition coefficient (Wildman–Crippen LogP) is 3.27. The highest BCUT2D eigenvalue weighted by Crippen LogP contribution is 2.23. The van der Waals surface area contributed by atoms with E-state index in [1.54, 1.807) is 0 Å². The molecule has 2 rings (SSSR count). The van der Waals surface area contributed by atoms with Gasteiger partial charge >= 0.3 is 5.69 Å². The average molecular weight is 455 g/mol. The Hall–Kier alpha value is -2.42. The van der Waals surface area contributed by atoms with E-state index in [2.05, 4.69) is 20.9 Å². The predicted molar refractivity (Wildman–Crippen MR) is 111 cm³/mol. The van der Waals surface area contributed by atoms with Crippen LogP contribution in [0.15, 0.2) is 32.3 Å². The fourth-order valence-corrected chi connectivity index (χ4v) is 3.18. The normalized spacial score (nSPS) is 10.9. The third kappa shape index (κ3) is 4.70. The van der Waals surface area contributed by atoms with Crippen molar-refractivity contribution in [2.75, 3.05) is 17.2 Å². The molecular formula is C19H24BrFN4O3. The number of nitrogen functional groups attached to an aromatic ring is 1. The van der Waals surface area contributed by atoms with Crippen LogP contribution in [-0.4, -0.2) is 22.0 Å². The first-order valence-corrected chi connectivity index (χ1v) is 10.0. The summed E-state index contributed by atoms with van der Waals surface area (Å²) in [6.07, 6.45) is 2.83. The van der Waals surface area contributed by atoms with Crippen molar-refractivity contribution in [2.45, 2.75) is 46.1 Å². The van der Waals surface area contributed by atoms with Crippen LogP contribution in [0.3, 0.4) is 0 Å². The number of nitrogens with zero attached hydrogens (tertiary/aromatic N) is 2. The lowest BCUT2D eigenvalue weighted by Gasteiger charge is -2.24. The van der Waals surface area contributed by atoms with E-state index >= 15 is 0 Å². The zero-order valence-corrected chi connectivity index (χ0v) is 17.5. The molecule has 1 amide bonds. The van der Waals surface area contributed by atoms with Crippen molar-refractivity contribution < 1.29 is 9.18 Å². The third-order valence-corrected chi connectivity index (χ3v) is 4.85. The highest BCUT2D eigenvalue weighted by molar-refractivity contribution is 9.10. The largest absolute Gasteiger partial charge is 0.383 e. The number of nitrogens with two attached hydrogens (primary N) is 1. The van der Waals surface area contributed by atoms with Gasteiger partial charge in [-0.3, -0.25) is 19.1 Å². The van der Waals surface area contributed by atoms with Gasteiger partial charge in [0.15, 0.2) is 5.69 Å². The number of aromatic amines is 1. The molecule has 28 heavy (non-hydrogen) atoms. The van der Waals surface area contributed by atoms with Crippen LogP contribution in [0.2, 0.25) is 0 Å². The van der Waals surface area contributed by atoms with E-state index in [1.165, 1.54) is 22.8 Å². The fourth-order valence-electron chi connectivity index (χ4n) is 2.81. The van der Waals surface area contributed by atoms with Gasteiger partial charge in [-0.15, -0.1) is 0 Å². The number of hydrogen-bond acceptors (Lipinski definition) is 4. The van der Waals surface area contributed by atoms with Gasteiger partial charge in [-0.25, -0.2) is 9.18 Å². The topological polar surface area (TPSA) is 101 Å². The molecule has 9 heteroatoms. The Morgan fingerprint density at radius 2 is 1.93 bits per heavy atom. The Labute approximate surface area is 170 Å². The number of unbranched alkanes of at least 4 members (excludes halogenated alkanes) is 2. The molecule has 0 atom stereocenters. The van der Waals surface area contributed by atoms with Crippen LogP contribution in [-0.2, 0) is 6.54 Å². The summed E-state index contributed by atoms with van der Waals surface area (Å²) in [5, 5.41) is 0. The summed E-state index contributed by atoms with van der Waals surface area (Å²) in [4.78, 5) is 41.2. The van der Waals surface area contributed by atoms with E-state index < -0.39 is 23.0 Å². The maximum atomic E-state index is 14.3. The van der Waals surface area contributed by atoms with Gasteiger partial charge in [0.1, 0.15) is 11.6 Å². The van der Waals surface area contributed by atoms with Crippen molar-refractivity contribution in [3.63, 3.8) is 0 Å². The Morgan fingerprint density at radius 3 is 2.57 bits per heavy atom. The summed E-state index contributed by atoms with van der Waals surface area (Å²) in [7, 11) is 0.